The molecular weight excluding hydrogens is 420 g/mol. The van der Waals surface area contributed by atoms with Crippen molar-refractivity contribution in [1.29, 1.82) is 0 Å². The van der Waals surface area contributed by atoms with Gasteiger partial charge in [-0.2, -0.15) is 10.1 Å². The van der Waals surface area contributed by atoms with E-state index in [2.05, 4.69) is 49.4 Å². The Morgan fingerprint density at radius 2 is 1.94 bits per heavy atom. The van der Waals surface area contributed by atoms with Crippen LogP contribution in [0.2, 0.25) is 0 Å². The number of amides is 1. The number of ether oxygens (including phenoxy) is 1. The molecule has 2 atom stereocenters. The molecule has 0 aliphatic carbocycles. The van der Waals surface area contributed by atoms with Crippen molar-refractivity contribution < 1.29 is 9.53 Å². The summed E-state index contributed by atoms with van der Waals surface area (Å²) in [7, 11) is 1.51. The highest BCUT2D eigenvalue weighted by molar-refractivity contribution is 6.14. The van der Waals surface area contributed by atoms with Crippen molar-refractivity contribution in [3.05, 3.63) is 48.0 Å². The van der Waals surface area contributed by atoms with Gasteiger partial charge in [0.25, 0.3) is 5.91 Å². The van der Waals surface area contributed by atoms with Gasteiger partial charge in [0.1, 0.15) is 5.69 Å². The molecule has 1 fully saturated rings. The molecule has 4 aromatic rings. The molecule has 4 heterocycles. The number of fused-ring (bicyclic) bond motifs is 2. The number of rotatable bonds is 4. The number of aryl methyl sites for hydroxylation is 1. The van der Waals surface area contributed by atoms with Crippen LogP contribution in [0.4, 0.5) is 11.4 Å². The zero-order valence-corrected chi connectivity index (χ0v) is 19.0. The van der Waals surface area contributed by atoms with Gasteiger partial charge in [-0.3, -0.25) is 4.79 Å². The van der Waals surface area contributed by atoms with Crippen LogP contribution in [0.15, 0.2) is 36.8 Å². The predicted octanol–water partition coefficient (Wildman–Crippen LogP) is 2.43. The van der Waals surface area contributed by atoms with Crippen molar-refractivity contribution in [1.82, 2.24) is 29.9 Å². The minimum Gasteiger partial charge on any atom is -0.467 e. The van der Waals surface area contributed by atoms with Crippen LogP contribution in [0.25, 0.3) is 16.6 Å². The molecule has 33 heavy (non-hydrogen) atoms. The van der Waals surface area contributed by atoms with Gasteiger partial charge in [-0.1, -0.05) is 0 Å². The second-order valence-corrected chi connectivity index (χ2v) is 8.46. The third kappa shape index (κ3) is 3.82. The summed E-state index contributed by atoms with van der Waals surface area (Å²) >= 11 is 0. The van der Waals surface area contributed by atoms with Crippen LogP contribution < -0.4 is 20.3 Å². The molecule has 10 nitrogen and oxygen atoms in total. The van der Waals surface area contributed by atoms with Gasteiger partial charge in [0, 0.05) is 54.3 Å². The lowest BCUT2D eigenvalue weighted by molar-refractivity contribution is 0.102. The lowest BCUT2D eigenvalue weighted by Gasteiger charge is -2.38. The number of benzene rings is 1. The second kappa shape index (κ2) is 8.28. The van der Waals surface area contributed by atoms with Crippen LogP contribution in [0.5, 0.6) is 6.01 Å². The summed E-state index contributed by atoms with van der Waals surface area (Å²) in [6, 6.07) is 6.54. The summed E-state index contributed by atoms with van der Waals surface area (Å²) in [5, 5.41) is 11.6. The quantitative estimate of drug-likeness (QED) is 0.492. The van der Waals surface area contributed by atoms with Crippen molar-refractivity contribution in [3.63, 3.8) is 0 Å². The van der Waals surface area contributed by atoms with E-state index in [0.29, 0.717) is 34.5 Å². The predicted molar refractivity (Wildman–Crippen MR) is 126 cm³/mol. The van der Waals surface area contributed by atoms with Gasteiger partial charge in [-0.05, 0) is 39.0 Å². The summed E-state index contributed by atoms with van der Waals surface area (Å²) in [5.41, 5.74) is 4.01. The van der Waals surface area contributed by atoms with Gasteiger partial charge in [-0.25, -0.2) is 14.5 Å². The van der Waals surface area contributed by atoms with Crippen LogP contribution in [0.3, 0.4) is 0 Å². The zero-order valence-electron chi connectivity index (χ0n) is 19.0. The van der Waals surface area contributed by atoms with Crippen LogP contribution in [-0.2, 0) is 0 Å². The molecule has 1 saturated heterocycles. The maximum absolute atomic E-state index is 13.3. The molecule has 1 aliphatic heterocycles. The number of aromatic nitrogens is 5. The average Bonchev–Trinajstić information content (AvgIpc) is 3.21. The first-order valence-corrected chi connectivity index (χ1v) is 10.9. The Labute approximate surface area is 191 Å². The molecule has 2 N–H and O–H groups in total. The third-order valence-corrected chi connectivity index (χ3v) is 5.87. The standard InChI is InChI=1S/C23H26N8O2/c1-13-11-30(12-14(2)27-13)19-6-5-16(20-17(19)9-25-23(29-20)33-4)22(32)28-18-10-26-31-15(3)7-8-24-21(18)31/h5-10,13-14,27H,11-12H2,1-4H3,(H,28,32)/t13-,14+. The maximum Gasteiger partial charge on any atom is 0.316 e. The first-order valence-electron chi connectivity index (χ1n) is 10.9. The average molecular weight is 447 g/mol. The van der Waals surface area contributed by atoms with Crippen molar-refractivity contribution in [2.45, 2.75) is 32.9 Å². The van der Waals surface area contributed by atoms with Crippen molar-refractivity contribution >= 4 is 33.8 Å². The number of nitrogens with one attached hydrogen (secondary N) is 2. The SMILES string of the molecule is COc1ncc2c(N3C[C@@H](C)N[C@@H](C)C3)ccc(C(=O)Nc3cnn4c(C)ccnc34)c2n1. The molecule has 0 spiro atoms. The van der Waals surface area contributed by atoms with Crippen LogP contribution in [0, 0.1) is 6.92 Å². The van der Waals surface area contributed by atoms with E-state index < -0.39 is 0 Å². The van der Waals surface area contributed by atoms with E-state index >= 15 is 0 Å². The Bertz CT molecular complexity index is 1340. The number of hydrogen-bond donors (Lipinski definition) is 2. The van der Waals surface area contributed by atoms with Crippen LogP contribution >= 0.6 is 0 Å². The molecule has 10 heteroatoms. The van der Waals surface area contributed by atoms with Gasteiger partial charge >= 0.3 is 6.01 Å². The summed E-state index contributed by atoms with van der Waals surface area (Å²) < 4.78 is 6.94. The van der Waals surface area contributed by atoms with E-state index in [1.807, 2.05) is 19.1 Å². The van der Waals surface area contributed by atoms with Crippen LogP contribution in [-0.4, -0.2) is 62.8 Å². The highest BCUT2D eigenvalue weighted by atomic mass is 16.5. The van der Waals surface area contributed by atoms with E-state index in [1.165, 1.54) is 7.11 Å². The summed E-state index contributed by atoms with van der Waals surface area (Å²) in [5.74, 6) is -0.299. The molecule has 0 saturated carbocycles. The summed E-state index contributed by atoms with van der Waals surface area (Å²) in [4.78, 5) is 28.9. The smallest absolute Gasteiger partial charge is 0.316 e. The molecule has 1 amide bonds. The van der Waals surface area contributed by atoms with Gasteiger partial charge in [0.2, 0.25) is 0 Å². The Hall–Kier alpha value is -3.79. The molecule has 3 aromatic heterocycles. The van der Waals surface area contributed by atoms with Gasteiger partial charge in [-0.15, -0.1) is 0 Å². The number of carbonyl (C=O) groups is 1. The molecule has 0 unspecified atom stereocenters. The minimum atomic E-state index is -0.299. The lowest BCUT2D eigenvalue weighted by atomic mass is 10.0. The molecule has 170 valence electrons. The number of piperazine rings is 1. The molecule has 5 rings (SSSR count). The van der Waals surface area contributed by atoms with E-state index in [0.717, 1.165) is 29.9 Å². The molecular formula is C23H26N8O2. The highest BCUT2D eigenvalue weighted by Gasteiger charge is 2.25. The number of hydrogen-bond acceptors (Lipinski definition) is 8. The van der Waals surface area contributed by atoms with E-state index in [-0.39, 0.29) is 11.9 Å². The van der Waals surface area contributed by atoms with E-state index in [1.54, 1.807) is 29.2 Å². The fourth-order valence-corrected chi connectivity index (χ4v) is 4.46. The summed E-state index contributed by atoms with van der Waals surface area (Å²) in [6.07, 6.45) is 5.02. The first kappa shape index (κ1) is 21.1. The number of anilines is 2. The zero-order chi connectivity index (χ0) is 23.1. The number of carbonyl (C=O) groups excluding carboxylic acids is 1. The Kier molecular flexibility index (Phi) is 5.29. The van der Waals surface area contributed by atoms with E-state index in [9.17, 15) is 4.79 Å². The largest absolute Gasteiger partial charge is 0.467 e. The van der Waals surface area contributed by atoms with Crippen molar-refractivity contribution in [2.75, 3.05) is 30.4 Å². The normalized spacial score (nSPS) is 18.6. The van der Waals surface area contributed by atoms with Crippen molar-refractivity contribution in [2.24, 2.45) is 0 Å². The Morgan fingerprint density at radius 1 is 1.15 bits per heavy atom. The Balaban J connectivity index is 1.56. The summed E-state index contributed by atoms with van der Waals surface area (Å²) in [6.45, 7) is 7.96. The first-order chi connectivity index (χ1) is 15.9. The van der Waals surface area contributed by atoms with Crippen molar-refractivity contribution in [3.8, 4) is 6.01 Å². The molecule has 1 aromatic carbocycles. The fraction of sp³-hybridized carbons (Fsp3) is 0.348. The van der Waals surface area contributed by atoms with E-state index in [4.69, 9.17) is 4.74 Å². The topological polar surface area (TPSA) is 110 Å². The molecule has 0 radical (unpaired) electrons. The number of nitrogens with zero attached hydrogens (tertiary/aromatic N) is 6. The second-order valence-electron chi connectivity index (χ2n) is 8.46. The minimum absolute atomic E-state index is 0.212. The Morgan fingerprint density at radius 3 is 2.70 bits per heavy atom. The van der Waals surface area contributed by atoms with Gasteiger partial charge < -0.3 is 20.3 Å². The van der Waals surface area contributed by atoms with Crippen LogP contribution in [0.1, 0.15) is 29.9 Å². The van der Waals surface area contributed by atoms with Gasteiger partial charge in [0.15, 0.2) is 5.65 Å². The third-order valence-electron chi connectivity index (χ3n) is 5.87. The molecule has 1 aliphatic rings. The highest BCUT2D eigenvalue weighted by Crippen LogP contribution is 2.31. The number of methoxy groups -OCH3 is 1. The fourth-order valence-electron chi connectivity index (χ4n) is 4.46. The monoisotopic (exact) mass is 446 g/mol. The van der Waals surface area contributed by atoms with Gasteiger partial charge in [0.05, 0.1) is 24.4 Å². The molecule has 0 bridgehead atoms. The lowest BCUT2D eigenvalue weighted by Crippen LogP contribution is -2.54. The maximum atomic E-state index is 13.3.